The van der Waals surface area contributed by atoms with Crippen molar-refractivity contribution in [2.45, 2.75) is 46.1 Å². The van der Waals surface area contributed by atoms with Crippen molar-refractivity contribution in [2.24, 2.45) is 0 Å². The Kier molecular flexibility index (Phi) is 8.60. The van der Waals surface area contributed by atoms with Gasteiger partial charge in [-0.15, -0.1) is 0 Å². The third-order valence-electron chi connectivity index (χ3n) is 9.13. The van der Waals surface area contributed by atoms with Gasteiger partial charge in [-0.25, -0.2) is 4.98 Å². The zero-order valence-corrected chi connectivity index (χ0v) is 26.7. The lowest BCUT2D eigenvalue weighted by Crippen LogP contribution is -2.44. The number of hydrogen-bond donors (Lipinski definition) is 1. The van der Waals surface area contributed by atoms with Gasteiger partial charge in [-0.05, 0) is 69.1 Å². The van der Waals surface area contributed by atoms with Gasteiger partial charge in [0.15, 0.2) is 0 Å². The Balaban J connectivity index is 1.39. The highest BCUT2D eigenvalue weighted by molar-refractivity contribution is 6.33. The quantitative estimate of drug-likeness (QED) is 0.294. The average molecular weight is 614 g/mol. The molecule has 2 aromatic heterocycles. The molecule has 2 aliphatic rings. The van der Waals surface area contributed by atoms with Crippen LogP contribution in [0.3, 0.4) is 0 Å². The summed E-state index contributed by atoms with van der Waals surface area (Å²) >= 11 is 6.62. The Morgan fingerprint density at radius 1 is 1.02 bits per heavy atom. The van der Waals surface area contributed by atoms with Gasteiger partial charge >= 0.3 is 0 Å². The third kappa shape index (κ3) is 5.78. The normalized spacial score (nSPS) is 16.5. The van der Waals surface area contributed by atoms with E-state index in [-0.39, 0.29) is 17.5 Å². The first-order valence-electron chi connectivity index (χ1n) is 15.5. The summed E-state index contributed by atoms with van der Waals surface area (Å²) in [7, 11) is 2.16. The molecule has 1 amide bonds. The van der Waals surface area contributed by atoms with Crippen LogP contribution in [0, 0.1) is 13.8 Å². The zero-order chi connectivity index (χ0) is 31.0. The average Bonchev–Trinajstić information content (AvgIpc) is 3.02. The maximum Gasteiger partial charge on any atom is 0.260 e. The van der Waals surface area contributed by atoms with Crippen LogP contribution < -0.4 is 15.8 Å². The summed E-state index contributed by atoms with van der Waals surface area (Å²) in [6.45, 7) is 11.3. The molecule has 6 rings (SSSR count). The SMILES string of the molecule is CCC(=O)N1CCC(n2c(=O)c(-c3ccccc3Cl)c(C)c3cnc(Nc4ccc(N5CCN(C)CC5)c(C)c4)nc32)CC1. The van der Waals surface area contributed by atoms with E-state index in [0.717, 1.165) is 42.8 Å². The first kappa shape index (κ1) is 30.1. The molecule has 0 atom stereocenters. The number of piperidine rings is 1. The van der Waals surface area contributed by atoms with Crippen LogP contribution in [0.15, 0.2) is 53.5 Å². The van der Waals surface area contributed by atoms with Gasteiger partial charge in [-0.3, -0.25) is 14.2 Å². The largest absolute Gasteiger partial charge is 0.369 e. The minimum atomic E-state index is -0.125. The molecule has 44 heavy (non-hydrogen) atoms. The van der Waals surface area contributed by atoms with E-state index in [2.05, 4.69) is 47.3 Å². The number of likely N-dealkylation sites (N-methyl/N-ethyl adjacent to an activating group) is 1. The molecule has 9 nitrogen and oxygen atoms in total. The number of rotatable bonds is 6. The molecule has 0 unspecified atom stereocenters. The molecule has 2 fully saturated rings. The maximum atomic E-state index is 14.4. The predicted molar refractivity (Wildman–Crippen MR) is 178 cm³/mol. The summed E-state index contributed by atoms with van der Waals surface area (Å²) in [4.78, 5) is 43.1. The minimum Gasteiger partial charge on any atom is -0.369 e. The number of pyridine rings is 1. The summed E-state index contributed by atoms with van der Waals surface area (Å²) in [6.07, 6.45) is 3.63. The Hall–Kier alpha value is -3.95. The number of nitrogens with one attached hydrogen (secondary N) is 1. The van der Waals surface area contributed by atoms with Gasteiger partial charge in [-0.2, -0.15) is 4.98 Å². The monoisotopic (exact) mass is 613 g/mol. The van der Waals surface area contributed by atoms with Crippen molar-refractivity contribution in [1.29, 1.82) is 0 Å². The van der Waals surface area contributed by atoms with Crippen molar-refractivity contribution in [3.8, 4) is 11.1 Å². The highest BCUT2D eigenvalue weighted by atomic mass is 35.5. The van der Waals surface area contributed by atoms with Crippen molar-refractivity contribution in [3.05, 3.63) is 75.2 Å². The van der Waals surface area contributed by atoms with Gasteiger partial charge in [-0.1, -0.05) is 36.7 Å². The van der Waals surface area contributed by atoms with Crippen LogP contribution in [0.1, 0.15) is 43.4 Å². The van der Waals surface area contributed by atoms with Crippen LogP contribution in [0.25, 0.3) is 22.2 Å². The number of amides is 1. The highest BCUT2D eigenvalue weighted by Gasteiger charge is 2.28. The van der Waals surface area contributed by atoms with Crippen LogP contribution in [0.2, 0.25) is 5.02 Å². The molecule has 230 valence electrons. The Morgan fingerprint density at radius 3 is 2.43 bits per heavy atom. The number of anilines is 3. The number of fused-ring (bicyclic) bond motifs is 1. The molecule has 0 aliphatic carbocycles. The van der Waals surface area contributed by atoms with Crippen molar-refractivity contribution in [1.82, 2.24) is 24.3 Å². The van der Waals surface area contributed by atoms with Gasteiger partial charge in [0.1, 0.15) is 5.65 Å². The third-order valence-corrected chi connectivity index (χ3v) is 9.46. The van der Waals surface area contributed by atoms with Gasteiger partial charge in [0.05, 0.1) is 5.56 Å². The second kappa shape index (κ2) is 12.6. The lowest BCUT2D eigenvalue weighted by molar-refractivity contribution is -0.132. The summed E-state index contributed by atoms with van der Waals surface area (Å²) in [5.41, 5.74) is 5.85. The van der Waals surface area contributed by atoms with E-state index >= 15 is 0 Å². The van der Waals surface area contributed by atoms with Crippen molar-refractivity contribution in [3.63, 3.8) is 0 Å². The summed E-state index contributed by atoms with van der Waals surface area (Å²) in [6, 6.07) is 13.7. The number of hydrogen-bond acceptors (Lipinski definition) is 7. The van der Waals surface area contributed by atoms with Crippen LogP contribution >= 0.6 is 11.6 Å². The van der Waals surface area contributed by atoms with Crippen molar-refractivity contribution in [2.75, 3.05) is 56.5 Å². The van der Waals surface area contributed by atoms with E-state index in [1.165, 1.54) is 11.3 Å². The van der Waals surface area contributed by atoms with E-state index in [4.69, 9.17) is 21.6 Å². The molecule has 10 heteroatoms. The number of likely N-dealkylation sites (tertiary alicyclic amines) is 1. The molecule has 0 radical (unpaired) electrons. The van der Waals surface area contributed by atoms with Gasteiger partial charge in [0.2, 0.25) is 11.9 Å². The summed E-state index contributed by atoms with van der Waals surface area (Å²) in [5, 5.41) is 4.72. The van der Waals surface area contributed by atoms with Gasteiger partial charge in [0.25, 0.3) is 5.56 Å². The van der Waals surface area contributed by atoms with E-state index in [1.54, 1.807) is 12.3 Å². The number of aryl methyl sites for hydroxylation is 2. The standard InChI is InChI=1S/C34H40ClN7O2/c1-5-30(43)41-14-12-25(13-15-41)42-32-27(23(3)31(33(42)44)26-8-6-7-9-28(26)35)21-36-34(38-32)37-24-10-11-29(22(2)20-24)40-18-16-39(4)17-19-40/h6-11,20-21,25H,5,12-19H2,1-4H3,(H,36,37,38). The fourth-order valence-electron chi connectivity index (χ4n) is 6.57. The number of carbonyl (C=O) groups excluding carboxylic acids is 1. The maximum absolute atomic E-state index is 14.4. The lowest BCUT2D eigenvalue weighted by Gasteiger charge is -2.35. The fraction of sp³-hybridized carbons (Fsp3) is 0.412. The molecule has 0 bridgehead atoms. The number of halogens is 1. The molecule has 4 heterocycles. The Morgan fingerprint density at radius 2 is 1.75 bits per heavy atom. The minimum absolute atomic E-state index is 0.111. The van der Waals surface area contributed by atoms with Crippen LogP contribution in [0.5, 0.6) is 0 Å². The number of carbonyl (C=O) groups is 1. The van der Waals surface area contributed by atoms with Crippen LogP contribution in [-0.4, -0.2) is 76.6 Å². The number of benzene rings is 2. The molecule has 0 saturated carbocycles. The van der Waals surface area contributed by atoms with Crippen molar-refractivity contribution >= 4 is 45.9 Å². The molecule has 4 aromatic rings. The first-order valence-corrected chi connectivity index (χ1v) is 15.9. The van der Waals surface area contributed by atoms with E-state index in [1.807, 2.05) is 41.5 Å². The predicted octanol–water partition coefficient (Wildman–Crippen LogP) is 5.80. The van der Waals surface area contributed by atoms with E-state index < -0.39 is 0 Å². The van der Waals surface area contributed by atoms with Crippen molar-refractivity contribution < 1.29 is 4.79 Å². The Bertz CT molecular complexity index is 1760. The lowest BCUT2D eigenvalue weighted by atomic mass is 9.97. The van der Waals surface area contributed by atoms with Crippen LogP contribution in [-0.2, 0) is 4.79 Å². The van der Waals surface area contributed by atoms with E-state index in [0.29, 0.717) is 60.1 Å². The highest BCUT2D eigenvalue weighted by Crippen LogP contribution is 2.34. The molecule has 2 aliphatic heterocycles. The second-order valence-electron chi connectivity index (χ2n) is 12.0. The summed E-state index contributed by atoms with van der Waals surface area (Å²) in [5.74, 6) is 0.574. The second-order valence-corrected chi connectivity index (χ2v) is 12.4. The zero-order valence-electron chi connectivity index (χ0n) is 25.9. The van der Waals surface area contributed by atoms with Gasteiger partial charge in [0, 0.05) is 85.3 Å². The number of piperazine rings is 1. The molecule has 0 spiro atoms. The Labute approximate surface area is 263 Å². The molecular formula is C34H40ClN7O2. The van der Waals surface area contributed by atoms with Crippen LogP contribution in [0.4, 0.5) is 17.3 Å². The molecule has 2 saturated heterocycles. The fourth-order valence-corrected chi connectivity index (χ4v) is 6.80. The topological polar surface area (TPSA) is 86.6 Å². The smallest absolute Gasteiger partial charge is 0.260 e. The molecule has 1 N–H and O–H groups in total. The first-order chi connectivity index (χ1) is 21.2. The molecular weight excluding hydrogens is 574 g/mol. The summed E-state index contributed by atoms with van der Waals surface area (Å²) < 4.78 is 1.82. The van der Waals surface area contributed by atoms with Gasteiger partial charge < -0.3 is 20.0 Å². The molecule has 2 aromatic carbocycles. The number of nitrogens with zero attached hydrogens (tertiary/aromatic N) is 6. The number of aromatic nitrogens is 3. The van der Waals surface area contributed by atoms with E-state index in [9.17, 15) is 9.59 Å².